The minimum atomic E-state index is -0.455. The van der Waals surface area contributed by atoms with Crippen molar-refractivity contribution in [2.24, 2.45) is 0 Å². The molecule has 28 heavy (non-hydrogen) atoms. The Morgan fingerprint density at radius 3 is 2.04 bits per heavy atom. The molecule has 0 aromatic heterocycles. The third-order valence-electron chi connectivity index (χ3n) is 6.17. The molecule has 0 N–H and O–H groups in total. The minimum Gasteiger partial charge on any atom is -0.497 e. The highest BCUT2D eigenvalue weighted by molar-refractivity contribution is 5.42. The highest BCUT2D eigenvalue weighted by Gasteiger charge is 2.57. The van der Waals surface area contributed by atoms with E-state index in [9.17, 15) is 0 Å². The van der Waals surface area contributed by atoms with Crippen molar-refractivity contribution in [2.75, 3.05) is 13.7 Å². The summed E-state index contributed by atoms with van der Waals surface area (Å²) in [5, 5.41) is 0. The summed E-state index contributed by atoms with van der Waals surface area (Å²) in [6, 6.07) is 30.1. The van der Waals surface area contributed by atoms with Gasteiger partial charge in [-0.3, -0.25) is 4.90 Å². The molecule has 0 aliphatic carbocycles. The predicted octanol–water partition coefficient (Wildman–Crippen LogP) is 5.13. The summed E-state index contributed by atoms with van der Waals surface area (Å²) in [4.78, 5) is 2.54. The first kappa shape index (κ1) is 17.5. The highest BCUT2D eigenvalue weighted by Crippen LogP contribution is 2.54. The van der Waals surface area contributed by atoms with E-state index >= 15 is 0 Å². The molecule has 0 bridgehead atoms. The molecule has 3 nitrogen and oxygen atoms in total. The van der Waals surface area contributed by atoms with E-state index in [0.717, 1.165) is 18.7 Å². The molecule has 3 heteroatoms. The van der Waals surface area contributed by atoms with Gasteiger partial charge in [0, 0.05) is 6.54 Å². The number of methoxy groups -OCH3 is 1. The molecule has 3 aromatic rings. The summed E-state index contributed by atoms with van der Waals surface area (Å²) >= 11 is 0. The smallest absolute Gasteiger partial charge is 0.138 e. The van der Waals surface area contributed by atoms with Crippen molar-refractivity contribution >= 4 is 0 Å². The van der Waals surface area contributed by atoms with Crippen LogP contribution in [-0.2, 0) is 10.3 Å². The number of benzene rings is 3. The first-order chi connectivity index (χ1) is 13.8. The van der Waals surface area contributed by atoms with Crippen molar-refractivity contribution in [3.8, 4) is 5.75 Å². The summed E-state index contributed by atoms with van der Waals surface area (Å²) in [5.41, 5.74) is 3.19. The van der Waals surface area contributed by atoms with E-state index in [1.54, 1.807) is 7.11 Å². The number of ether oxygens (including phenoxy) is 2. The van der Waals surface area contributed by atoms with Crippen LogP contribution < -0.4 is 4.74 Å². The summed E-state index contributed by atoms with van der Waals surface area (Å²) in [7, 11) is 1.70. The Hall–Kier alpha value is -2.62. The van der Waals surface area contributed by atoms with Gasteiger partial charge in [0.15, 0.2) is 0 Å². The molecule has 0 amide bonds. The van der Waals surface area contributed by atoms with E-state index in [1.165, 1.54) is 23.1 Å². The Morgan fingerprint density at radius 1 is 0.857 bits per heavy atom. The van der Waals surface area contributed by atoms with Crippen LogP contribution in [-0.4, -0.2) is 24.6 Å². The van der Waals surface area contributed by atoms with Crippen LogP contribution in [0.1, 0.15) is 35.8 Å². The van der Waals surface area contributed by atoms with Crippen molar-refractivity contribution in [2.45, 2.75) is 30.7 Å². The Morgan fingerprint density at radius 2 is 1.46 bits per heavy atom. The SMILES string of the molecule is COc1ccc([C@@H]2OC(c3ccccc3)(c3ccccc3)[C@@H]3CCCN32)cc1. The van der Waals surface area contributed by atoms with E-state index in [1.807, 2.05) is 12.1 Å². The number of rotatable bonds is 4. The average molecular weight is 371 g/mol. The van der Waals surface area contributed by atoms with Crippen LogP contribution in [0.15, 0.2) is 84.9 Å². The van der Waals surface area contributed by atoms with Gasteiger partial charge in [-0.2, -0.15) is 0 Å². The van der Waals surface area contributed by atoms with Crippen molar-refractivity contribution in [3.05, 3.63) is 102 Å². The van der Waals surface area contributed by atoms with Crippen molar-refractivity contribution in [1.29, 1.82) is 0 Å². The van der Waals surface area contributed by atoms with Crippen molar-refractivity contribution in [3.63, 3.8) is 0 Å². The fraction of sp³-hybridized carbons (Fsp3) is 0.280. The average Bonchev–Trinajstić information content (AvgIpc) is 3.37. The summed E-state index contributed by atoms with van der Waals surface area (Å²) < 4.78 is 12.4. The van der Waals surface area contributed by atoms with Gasteiger partial charge in [-0.1, -0.05) is 72.8 Å². The minimum absolute atomic E-state index is 0.0566. The third kappa shape index (κ3) is 2.66. The highest BCUT2D eigenvalue weighted by atomic mass is 16.5. The van der Waals surface area contributed by atoms with Gasteiger partial charge >= 0.3 is 0 Å². The van der Waals surface area contributed by atoms with E-state index in [-0.39, 0.29) is 6.23 Å². The second kappa shape index (κ2) is 7.08. The Balaban J connectivity index is 1.65. The van der Waals surface area contributed by atoms with Crippen LogP contribution in [0.2, 0.25) is 0 Å². The van der Waals surface area contributed by atoms with E-state index < -0.39 is 5.60 Å². The lowest BCUT2D eigenvalue weighted by Gasteiger charge is -2.34. The van der Waals surface area contributed by atoms with Gasteiger partial charge < -0.3 is 9.47 Å². The quantitative estimate of drug-likeness (QED) is 0.634. The fourth-order valence-electron chi connectivity index (χ4n) is 4.92. The Bertz CT molecular complexity index is 884. The lowest BCUT2D eigenvalue weighted by Crippen LogP contribution is -2.40. The van der Waals surface area contributed by atoms with Crippen LogP contribution in [0, 0.1) is 0 Å². The fourth-order valence-corrected chi connectivity index (χ4v) is 4.92. The van der Waals surface area contributed by atoms with Crippen molar-refractivity contribution < 1.29 is 9.47 Å². The van der Waals surface area contributed by atoms with Crippen LogP contribution in [0.5, 0.6) is 5.75 Å². The molecule has 5 rings (SSSR count). The van der Waals surface area contributed by atoms with Crippen molar-refractivity contribution in [1.82, 2.24) is 4.90 Å². The normalized spacial score (nSPS) is 23.5. The molecule has 2 saturated heterocycles. The first-order valence-corrected chi connectivity index (χ1v) is 10.0. The maximum atomic E-state index is 7.03. The molecule has 2 fully saturated rings. The zero-order chi connectivity index (χ0) is 19.0. The zero-order valence-corrected chi connectivity index (χ0v) is 16.1. The third-order valence-corrected chi connectivity index (χ3v) is 6.17. The zero-order valence-electron chi connectivity index (χ0n) is 16.1. The standard InChI is InChI=1S/C25H25NO2/c1-27-22-16-14-19(15-17-22)24-26-18-8-13-23(26)25(28-24,20-9-4-2-5-10-20)21-11-6-3-7-12-21/h2-7,9-12,14-17,23-24H,8,13,18H2,1H3/t23-,24-/m0/s1. The van der Waals surface area contributed by atoms with Gasteiger partial charge in [0.2, 0.25) is 0 Å². The number of fused-ring (bicyclic) bond motifs is 1. The maximum absolute atomic E-state index is 7.03. The second-order valence-corrected chi connectivity index (χ2v) is 7.61. The van der Waals surface area contributed by atoms with Gasteiger partial charge in [0.25, 0.3) is 0 Å². The Kier molecular flexibility index (Phi) is 4.42. The number of nitrogens with zero attached hydrogens (tertiary/aromatic N) is 1. The lowest BCUT2D eigenvalue weighted by molar-refractivity contribution is -0.0465. The van der Waals surface area contributed by atoms with E-state index in [0.29, 0.717) is 6.04 Å². The van der Waals surface area contributed by atoms with Gasteiger partial charge in [-0.05, 0) is 41.7 Å². The molecule has 0 unspecified atom stereocenters. The van der Waals surface area contributed by atoms with Crippen LogP contribution in [0.25, 0.3) is 0 Å². The molecule has 0 spiro atoms. The molecule has 0 saturated carbocycles. The summed E-state index contributed by atoms with van der Waals surface area (Å²) in [5.74, 6) is 0.872. The predicted molar refractivity (Wildman–Crippen MR) is 110 cm³/mol. The summed E-state index contributed by atoms with van der Waals surface area (Å²) in [6.45, 7) is 1.06. The largest absolute Gasteiger partial charge is 0.497 e. The van der Waals surface area contributed by atoms with E-state index in [4.69, 9.17) is 9.47 Å². The van der Waals surface area contributed by atoms with Gasteiger partial charge in [-0.25, -0.2) is 0 Å². The molecule has 2 heterocycles. The van der Waals surface area contributed by atoms with Gasteiger partial charge in [-0.15, -0.1) is 0 Å². The van der Waals surface area contributed by atoms with Gasteiger partial charge in [0.05, 0.1) is 13.2 Å². The molecular weight excluding hydrogens is 346 g/mol. The molecule has 2 atom stereocenters. The second-order valence-electron chi connectivity index (χ2n) is 7.61. The molecule has 2 aliphatic heterocycles. The molecule has 2 aliphatic rings. The maximum Gasteiger partial charge on any atom is 0.138 e. The number of hydrogen-bond acceptors (Lipinski definition) is 3. The van der Waals surface area contributed by atoms with E-state index in [2.05, 4.69) is 77.7 Å². The number of hydrogen-bond donors (Lipinski definition) is 0. The van der Waals surface area contributed by atoms with Crippen LogP contribution in [0.3, 0.4) is 0 Å². The molecule has 142 valence electrons. The van der Waals surface area contributed by atoms with Gasteiger partial charge in [0.1, 0.15) is 17.6 Å². The van der Waals surface area contributed by atoms with Crippen LogP contribution >= 0.6 is 0 Å². The van der Waals surface area contributed by atoms with Crippen LogP contribution in [0.4, 0.5) is 0 Å². The lowest BCUT2D eigenvalue weighted by atomic mass is 9.79. The molecule has 3 aromatic carbocycles. The summed E-state index contributed by atoms with van der Waals surface area (Å²) in [6.07, 6.45) is 2.28. The monoisotopic (exact) mass is 371 g/mol. The Labute approximate surface area is 166 Å². The topological polar surface area (TPSA) is 21.7 Å². The first-order valence-electron chi connectivity index (χ1n) is 10.0. The molecular formula is C25H25NO2. The molecule has 0 radical (unpaired) electrons.